The molecule has 5 saturated carbocycles. The largest absolute Gasteiger partial charge is 0.462 e. The highest BCUT2D eigenvalue weighted by Crippen LogP contribution is 2.62. The van der Waals surface area contributed by atoms with E-state index in [4.69, 9.17) is 4.74 Å². The molecule has 0 radical (unpaired) electrons. The van der Waals surface area contributed by atoms with Crippen molar-refractivity contribution in [2.75, 3.05) is 0 Å². The molecule has 4 nitrogen and oxygen atoms in total. The maximum absolute atomic E-state index is 12.7. The number of hydrogen-bond acceptors (Lipinski definition) is 4. The van der Waals surface area contributed by atoms with Gasteiger partial charge in [0, 0.05) is 24.2 Å². The Morgan fingerprint density at radius 1 is 0.903 bits per heavy atom. The van der Waals surface area contributed by atoms with Crippen molar-refractivity contribution in [3.63, 3.8) is 0 Å². The van der Waals surface area contributed by atoms with Crippen LogP contribution in [-0.2, 0) is 19.1 Å². The van der Waals surface area contributed by atoms with E-state index in [-0.39, 0.29) is 35.0 Å². The molecule has 0 N–H and O–H groups in total. The molecule has 0 heterocycles. The molecule has 0 saturated heterocycles. The second kappa shape index (κ2) is 8.63. The van der Waals surface area contributed by atoms with Crippen LogP contribution in [0.25, 0.3) is 0 Å². The van der Waals surface area contributed by atoms with Gasteiger partial charge in [-0.15, -0.1) is 0 Å². The lowest BCUT2D eigenvalue weighted by Crippen LogP contribution is -2.52. The Morgan fingerprint density at radius 2 is 1.71 bits per heavy atom. The van der Waals surface area contributed by atoms with E-state index in [9.17, 15) is 14.4 Å². The maximum atomic E-state index is 12.7. The van der Waals surface area contributed by atoms with E-state index in [1.54, 1.807) is 0 Å². The number of rotatable bonds is 4. The number of carbonyl (C=O) groups is 3. The van der Waals surface area contributed by atoms with Crippen molar-refractivity contribution in [1.82, 2.24) is 0 Å². The zero-order valence-corrected chi connectivity index (χ0v) is 19.3. The second-order valence-electron chi connectivity index (χ2n) is 11.8. The van der Waals surface area contributed by atoms with Gasteiger partial charge in [0.25, 0.3) is 0 Å². The van der Waals surface area contributed by atoms with Crippen molar-refractivity contribution >= 4 is 17.5 Å². The topological polar surface area (TPSA) is 60.4 Å². The summed E-state index contributed by atoms with van der Waals surface area (Å²) in [6.07, 6.45) is 16.0. The first-order chi connectivity index (χ1) is 15.0. The summed E-state index contributed by atoms with van der Waals surface area (Å²) in [7, 11) is 0. The van der Waals surface area contributed by atoms with Gasteiger partial charge in [-0.05, 0) is 81.0 Å². The van der Waals surface area contributed by atoms with Crippen molar-refractivity contribution in [2.45, 2.75) is 109 Å². The van der Waals surface area contributed by atoms with Crippen molar-refractivity contribution in [3.8, 4) is 0 Å². The van der Waals surface area contributed by atoms with E-state index in [0.29, 0.717) is 36.5 Å². The van der Waals surface area contributed by atoms with Gasteiger partial charge < -0.3 is 4.74 Å². The molecule has 31 heavy (non-hydrogen) atoms. The van der Waals surface area contributed by atoms with Gasteiger partial charge in [0.05, 0.1) is 0 Å². The summed E-state index contributed by atoms with van der Waals surface area (Å²) >= 11 is 0. The van der Waals surface area contributed by atoms with Crippen LogP contribution in [-0.4, -0.2) is 23.6 Å². The minimum Gasteiger partial charge on any atom is -0.462 e. The van der Waals surface area contributed by atoms with E-state index in [1.807, 2.05) is 0 Å². The molecule has 5 aliphatic carbocycles. The summed E-state index contributed by atoms with van der Waals surface area (Å²) in [6, 6.07) is 0. The Balaban J connectivity index is 1.20. The third kappa shape index (κ3) is 3.91. The third-order valence-electron chi connectivity index (χ3n) is 10.4. The normalized spacial score (nSPS) is 43.1. The number of ketones is 2. The number of ether oxygens (including phenoxy) is 1. The monoisotopic (exact) mass is 428 g/mol. The smallest absolute Gasteiger partial charge is 0.306 e. The number of Topliss-reactive ketones (excluding diaryl/α,β-unsaturated/α-hetero) is 2. The molecule has 1 unspecified atom stereocenters. The van der Waals surface area contributed by atoms with Gasteiger partial charge in [0.2, 0.25) is 5.78 Å². The molecule has 0 aromatic rings. The van der Waals surface area contributed by atoms with Crippen LogP contribution in [0, 0.1) is 40.9 Å². The molecule has 0 aromatic carbocycles. The van der Waals surface area contributed by atoms with Crippen molar-refractivity contribution in [3.05, 3.63) is 0 Å². The standard InChI is InChI=1S/C27H40O4/c1-27-16-15-19-18-10-12-23(28)26(30)21(18)9-8-20(19)22(27)11-13-24(27)31-25(29)14-7-17-5-3-2-4-6-17/h17-22,24H,2-16H2,1H3/t18-,19-,20-,21?,22+,24+,27+/m1/s1. The van der Waals surface area contributed by atoms with Crippen LogP contribution in [0.5, 0.6) is 0 Å². The van der Waals surface area contributed by atoms with Crippen LogP contribution in [0.3, 0.4) is 0 Å². The van der Waals surface area contributed by atoms with Crippen LogP contribution < -0.4 is 0 Å². The average Bonchev–Trinajstić information content (AvgIpc) is 3.11. The lowest BCUT2D eigenvalue weighted by Gasteiger charge is -2.54. The Kier molecular flexibility index (Phi) is 6.03. The molecule has 5 rings (SSSR count). The van der Waals surface area contributed by atoms with Crippen molar-refractivity contribution in [2.24, 2.45) is 40.9 Å². The first-order valence-electron chi connectivity index (χ1n) is 13.2. The van der Waals surface area contributed by atoms with Crippen molar-refractivity contribution < 1.29 is 19.1 Å². The molecule has 0 amide bonds. The van der Waals surface area contributed by atoms with Crippen LogP contribution in [0.15, 0.2) is 0 Å². The molecule has 0 spiro atoms. The fourth-order valence-electron chi connectivity index (χ4n) is 8.68. The highest BCUT2D eigenvalue weighted by Gasteiger charge is 2.59. The molecule has 0 aromatic heterocycles. The fourth-order valence-corrected chi connectivity index (χ4v) is 8.68. The van der Waals surface area contributed by atoms with Gasteiger partial charge in [-0.2, -0.15) is 0 Å². The zero-order valence-electron chi connectivity index (χ0n) is 19.3. The van der Waals surface area contributed by atoms with Gasteiger partial charge in [0.1, 0.15) is 6.10 Å². The summed E-state index contributed by atoms with van der Waals surface area (Å²) in [5, 5.41) is 0. The Morgan fingerprint density at radius 3 is 2.52 bits per heavy atom. The number of fused-ring (bicyclic) bond motifs is 5. The maximum Gasteiger partial charge on any atom is 0.306 e. The first-order valence-corrected chi connectivity index (χ1v) is 13.2. The first kappa shape index (κ1) is 21.6. The van der Waals surface area contributed by atoms with Gasteiger partial charge in [-0.25, -0.2) is 0 Å². The Hall–Kier alpha value is -1.19. The van der Waals surface area contributed by atoms with E-state index >= 15 is 0 Å². The van der Waals surface area contributed by atoms with Crippen LogP contribution >= 0.6 is 0 Å². The SMILES string of the molecule is C[C@]12CC[C@H]3[C@@H](CCC4C(=O)C(=O)CC[C@@H]43)[C@@H]1CC[C@@H]2OC(=O)CCC1CCCCC1. The molecule has 172 valence electrons. The van der Waals surface area contributed by atoms with E-state index in [2.05, 4.69) is 6.92 Å². The summed E-state index contributed by atoms with van der Waals surface area (Å²) < 4.78 is 6.15. The molecule has 0 aliphatic heterocycles. The molecule has 4 heteroatoms. The highest BCUT2D eigenvalue weighted by molar-refractivity contribution is 6.38. The van der Waals surface area contributed by atoms with Gasteiger partial charge >= 0.3 is 5.97 Å². The minimum atomic E-state index is -0.124. The molecule has 7 atom stereocenters. The molecule has 5 fully saturated rings. The summed E-state index contributed by atoms with van der Waals surface area (Å²) in [5.41, 5.74) is 0.100. The lowest BCUT2D eigenvalue weighted by atomic mass is 9.50. The predicted molar refractivity (Wildman–Crippen MR) is 118 cm³/mol. The van der Waals surface area contributed by atoms with E-state index < -0.39 is 0 Å². The second-order valence-corrected chi connectivity index (χ2v) is 11.8. The predicted octanol–water partition coefficient (Wildman–Crippen LogP) is 5.66. The van der Waals surface area contributed by atoms with Crippen LogP contribution in [0.2, 0.25) is 0 Å². The molecular formula is C27H40O4. The minimum absolute atomic E-state index is 0.00155. The van der Waals surface area contributed by atoms with Crippen LogP contribution in [0.4, 0.5) is 0 Å². The number of carbonyl (C=O) groups excluding carboxylic acids is 3. The van der Waals surface area contributed by atoms with E-state index in [0.717, 1.165) is 57.3 Å². The average molecular weight is 429 g/mol. The third-order valence-corrected chi connectivity index (χ3v) is 10.4. The molecule has 5 aliphatic rings. The highest BCUT2D eigenvalue weighted by atomic mass is 16.5. The quantitative estimate of drug-likeness (QED) is 0.428. The van der Waals surface area contributed by atoms with Gasteiger partial charge in [-0.1, -0.05) is 39.0 Å². The summed E-state index contributed by atoms with van der Waals surface area (Å²) in [4.78, 5) is 37.1. The summed E-state index contributed by atoms with van der Waals surface area (Å²) in [5.74, 6) is 2.83. The number of esters is 1. The lowest BCUT2D eigenvalue weighted by molar-refractivity contribution is -0.162. The molecule has 0 bridgehead atoms. The Bertz CT molecular complexity index is 723. The number of hydrogen-bond donors (Lipinski definition) is 0. The summed E-state index contributed by atoms with van der Waals surface area (Å²) in [6.45, 7) is 2.38. The Labute approximate surface area is 187 Å². The van der Waals surface area contributed by atoms with Gasteiger partial charge in [0.15, 0.2) is 5.78 Å². The molecular weight excluding hydrogens is 388 g/mol. The fraction of sp³-hybridized carbons (Fsp3) is 0.889. The zero-order chi connectivity index (χ0) is 21.6. The van der Waals surface area contributed by atoms with Crippen LogP contribution in [0.1, 0.15) is 103 Å². The van der Waals surface area contributed by atoms with Crippen molar-refractivity contribution in [1.29, 1.82) is 0 Å². The van der Waals surface area contributed by atoms with Gasteiger partial charge in [-0.3, -0.25) is 14.4 Å². The van der Waals surface area contributed by atoms with E-state index in [1.165, 1.54) is 32.1 Å².